The van der Waals surface area contributed by atoms with Crippen LogP contribution in [0.25, 0.3) is 10.8 Å². The first-order valence-corrected chi connectivity index (χ1v) is 9.33. The van der Waals surface area contributed by atoms with Crippen LogP contribution in [0.1, 0.15) is 24.8 Å². The van der Waals surface area contributed by atoms with E-state index in [0.29, 0.717) is 12.0 Å². The lowest BCUT2D eigenvalue weighted by Crippen LogP contribution is -2.41. The largest absolute Gasteiger partial charge is 0.381 e. The number of rotatable bonds is 3. The molecule has 1 N–H and O–H groups in total. The van der Waals surface area contributed by atoms with E-state index in [-0.39, 0.29) is 6.03 Å². The van der Waals surface area contributed by atoms with E-state index in [4.69, 9.17) is 4.74 Å². The van der Waals surface area contributed by atoms with Crippen LogP contribution >= 0.6 is 0 Å². The fourth-order valence-corrected chi connectivity index (χ4v) is 4.25. The van der Waals surface area contributed by atoms with Crippen molar-refractivity contribution in [2.75, 3.05) is 32.8 Å². The van der Waals surface area contributed by atoms with Gasteiger partial charge in [0.15, 0.2) is 0 Å². The van der Waals surface area contributed by atoms with E-state index in [9.17, 15) is 4.79 Å². The second-order valence-electron chi connectivity index (χ2n) is 7.40. The van der Waals surface area contributed by atoms with Gasteiger partial charge >= 0.3 is 6.03 Å². The first kappa shape index (κ1) is 16.4. The molecule has 0 aliphatic carbocycles. The number of hydrogen-bond acceptors (Lipinski definition) is 2. The molecule has 2 aliphatic rings. The van der Waals surface area contributed by atoms with Crippen molar-refractivity contribution in [1.82, 2.24) is 10.2 Å². The van der Waals surface area contributed by atoms with Crippen LogP contribution < -0.4 is 5.32 Å². The Morgan fingerprint density at radius 2 is 1.88 bits per heavy atom. The van der Waals surface area contributed by atoms with Crippen molar-refractivity contribution in [1.29, 1.82) is 0 Å². The molecule has 2 amide bonds. The van der Waals surface area contributed by atoms with Gasteiger partial charge in [0.05, 0.1) is 0 Å². The number of carbonyl (C=O) groups is 1. The highest BCUT2D eigenvalue weighted by molar-refractivity contribution is 5.85. The number of urea groups is 1. The first-order valence-electron chi connectivity index (χ1n) is 9.33. The fraction of sp³-hybridized carbons (Fsp3) is 0.476. The second kappa shape index (κ2) is 7.04. The number of benzene rings is 2. The van der Waals surface area contributed by atoms with Crippen LogP contribution in [-0.2, 0) is 11.2 Å². The Balaban J connectivity index is 1.32. The molecule has 2 heterocycles. The van der Waals surface area contributed by atoms with Gasteiger partial charge in [0.25, 0.3) is 0 Å². The fourth-order valence-electron chi connectivity index (χ4n) is 4.25. The predicted octanol–water partition coefficient (Wildman–Crippen LogP) is 3.59. The van der Waals surface area contributed by atoms with Crippen molar-refractivity contribution in [3.8, 4) is 0 Å². The maximum absolute atomic E-state index is 12.5. The van der Waals surface area contributed by atoms with E-state index in [1.807, 2.05) is 4.90 Å². The van der Waals surface area contributed by atoms with Crippen LogP contribution in [0.5, 0.6) is 0 Å². The van der Waals surface area contributed by atoms with Crippen LogP contribution in [-0.4, -0.2) is 43.8 Å². The first-order chi connectivity index (χ1) is 12.3. The lowest BCUT2D eigenvalue weighted by molar-refractivity contribution is 0.0209. The van der Waals surface area contributed by atoms with Crippen molar-refractivity contribution < 1.29 is 9.53 Å². The Kier molecular flexibility index (Phi) is 4.62. The molecule has 0 saturated carbocycles. The summed E-state index contributed by atoms with van der Waals surface area (Å²) in [6.07, 6.45) is 4.16. The summed E-state index contributed by atoms with van der Waals surface area (Å²) >= 11 is 0. The minimum absolute atomic E-state index is 0.0867. The van der Waals surface area contributed by atoms with Crippen molar-refractivity contribution in [3.05, 3.63) is 48.0 Å². The van der Waals surface area contributed by atoms with Gasteiger partial charge in [-0.05, 0) is 47.4 Å². The lowest BCUT2D eigenvalue weighted by atomic mass is 9.80. The van der Waals surface area contributed by atoms with Gasteiger partial charge in [-0.25, -0.2) is 4.79 Å². The van der Waals surface area contributed by atoms with Crippen molar-refractivity contribution in [2.24, 2.45) is 5.41 Å². The molecule has 2 saturated heterocycles. The van der Waals surface area contributed by atoms with Gasteiger partial charge in [0, 0.05) is 32.8 Å². The molecule has 0 unspecified atom stereocenters. The predicted molar refractivity (Wildman–Crippen MR) is 99.7 cm³/mol. The molecular formula is C21H26N2O2. The maximum atomic E-state index is 12.5. The second-order valence-corrected chi connectivity index (χ2v) is 7.40. The molecule has 2 aliphatic heterocycles. The summed E-state index contributed by atoms with van der Waals surface area (Å²) in [5.41, 5.74) is 1.60. The zero-order valence-electron chi connectivity index (χ0n) is 14.7. The molecular weight excluding hydrogens is 312 g/mol. The SMILES string of the molecule is O=C(NCCc1cccc2ccccc12)N1CCC2(CCOCC2)C1. The van der Waals surface area contributed by atoms with Crippen LogP contribution in [0, 0.1) is 5.41 Å². The minimum atomic E-state index is 0.0867. The van der Waals surface area contributed by atoms with Crippen molar-refractivity contribution in [3.63, 3.8) is 0 Å². The molecule has 0 atom stereocenters. The third-order valence-electron chi connectivity index (χ3n) is 5.83. The maximum Gasteiger partial charge on any atom is 0.317 e. The molecule has 4 nitrogen and oxygen atoms in total. The highest BCUT2D eigenvalue weighted by atomic mass is 16.5. The smallest absolute Gasteiger partial charge is 0.317 e. The van der Waals surface area contributed by atoms with Gasteiger partial charge in [-0.2, -0.15) is 0 Å². The molecule has 25 heavy (non-hydrogen) atoms. The van der Waals surface area contributed by atoms with Crippen LogP contribution in [0.3, 0.4) is 0 Å². The summed E-state index contributed by atoms with van der Waals surface area (Å²) in [5.74, 6) is 0. The summed E-state index contributed by atoms with van der Waals surface area (Å²) in [4.78, 5) is 14.5. The summed E-state index contributed by atoms with van der Waals surface area (Å²) in [7, 11) is 0. The summed E-state index contributed by atoms with van der Waals surface area (Å²) < 4.78 is 5.48. The number of likely N-dealkylation sites (tertiary alicyclic amines) is 1. The molecule has 2 fully saturated rings. The molecule has 4 heteroatoms. The Bertz CT molecular complexity index is 747. The average molecular weight is 338 g/mol. The number of fused-ring (bicyclic) bond motifs is 1. The molecule has 0 aromatic heterocycles. The molecule has 0 bridgehead atoms. The van der Waals surface area contributed by atoms with Gasteiger partial charge in [-0.1, -0.05) is 42.5 Å². The summed E-state index contributed by atoms with van der Waals surface area (Å²) in [6.45, 7) is 4.13. The van der Waals surface area contributed by atoms with E-state index in [1.54, 1.807) is 0 Å². The van der Waals surface area contributed by atoms with Crippen LogP contribution in [0.15, 0.2) is 42.5 Å². The lowest BCUT2D eigenvalue weighted by Gasteiger charge is -2.33. The quantitative estimate of drug-likeness (QED) is 0.929. The number of ether oxygens (including phenoxy) is 1. The standard InChI is InChI=1S/C21H26N2O2/c24-20(23-13-9-21(16-23)10-14-25-15-11-21)22-12-8-18-6-3-5-17-4-1-2-7-19(17)18/h1-7H,8-16H2,(H,22,24). The number of nitrogens with one attached hydrogen (secondary N) is 1. The highest BCUT2D eigenvalue weighted by Gasteiger charge is 2.40. The number of carbonyl (C=O) groups excluding carboxylic acids is 1. The molecule has 0 radical (unpaired) electrons. The van der Waals surface area contributed by atoms with Crippen LogP contribution in [0.2, 0.25) is 0 Å². The number of hydrogen-bond donors (Lipinski definition) is 1. The molecule has 2 aromatic carbocycles. The highest BCUT2D eigenvalue weighted by Crippen LogP contribution is 2.39. The Labute approximate surface area is 149 Å². The molecule has 4 rings (SSSR count). The summed E-state index contributed by atoms with van der Waals surface area (Å²) in [6, 6.07) is 14.9. The number of nitrogens with zero attached hydrogens (tertiary/aromatic N) is 1. The molecule has 1 spiro atoms. The van der Waals surface area contributed by atoms with E-state index in [1.165, 1.54) is 16.3 Å². The third-order valence-corrected chi connectivity index (χ3v) is 5.83. The van der Waals surface area contributed by atoms with Gasteiger partial charge in [0.2, 0.25) is 0 Å². The summed E-state index contributed by atoms with van der Waals surface area (Å²) in [5, 5.41) is 5.65. The molecule has 132 valence electrons. The van der Waals surface area contributed by atoms with Gasteiger partial charge in [-0.15, -0.1) is 0 Å². The minimum Gasteiger partial charge on any atom is -0.381 e. The van der Waals surface area contributed by atoms with Crippen LogP contribution in [0.4, 0.5) is 4.79 Å². The topological polar surface area (TPSA) is 41.6 Å². The normalized spacial score (nSPS) is 19.4. The van der Waals surface area contributed by atoms with Gasteiger partial charge < -0.3 is 15.0 Å². The Morgan fingerprint density at radius 1 is 1.08 bits per heavy atom. The van der Waals surface area contributed by atoms with Gasteiger partial charge in [0.1, 0.15) is 0 Å². The molecule has 2 aromatic rings. The van der Waals surface area contributed by atoms with E-state index in [2.05, 4.69) is 47.8 Å². The average Bonchev–Trinajstić information content (AvgIpc) is 3.06. The Hall–Kier alpha value is -2.07. The third kappa shape index (κ3) is 3.49. The van der Waals surface area contributed by atoms with E-state index < -0.39 is 0 Å². The van der Waals surface area contributed by atoms with E-state index >= 15 is 0 Å². The monoisotopic (exact) mass is 338 g/mol. The zero-order chi connectivity index (χ0) is 17.1. The van der Waals surface area contributed by atoms with Crippen molar-refractivity contribution >= 4 is 16.8 Å². The van der Waals surface area contributed by atoms with Gasteiger partial charge in [-0.3, -0.25) is 0 Å². The Morgan fingerprint density at radius 3 is 2.76 bits per heavy atom. The van der Waals surface area contributed by atoms with Crippen molar-refractivity contribution in [2.45, 2.75) is 25.7 Å². The number of amides is 2. The van der Waals surface area contributed by atoms with E-state index in [0.717, 1.165) is 52.0 Å². The zero-order valence-corrected chi connectivity index (χ0v) is 14.7.